The molecule has 31 heavy (non-hydrogen) atoms. The molecule has 0 bridgehead atoms. The molecule has 2 aromatic rings. The first kappa shape index (κ1) is 19.6. The number of aromatic amines is 1. The third-order valence-electron chi connectivity index (χ3n) is 6.31. The molecule has 2 aromatic carbocycles. The van der Waals surface area contributed by atoms with Crippen molar-refractivity contribution in [1.29, 1.82) is 0 Å². The van der Waals surface area contributed by atoms with Crippen molar-refractivity contribution in [1.82, 2.24) is 24.8 Å². The largest absolute Gasteiger partial charge is 0.349 e. The molecule has 2 heterocycles. The second kappa shape index (κ2) is 7.74. The number of hydrogen-bond acceptors (Lipinski definition) is 5. The Balaban J connectivity index is 1.41. The van der Waals surface area contributed by atoms with Gasteiger partial charge in [0.1, 0.15) is 0 Å². The quantitative estimate of drug-likeness (QED) is 0.385. The average molecular weight is 415 g/mol. The number of nitrogens with one attached hydrogen (secondary N) is 2. The van der Waals surface area contributed by atoms with E-state index in [1.165, 1.54) is 11.1 Å². The highest BCUT2D eigenvalue weighted by molar-refractivity contribution is 5.81. The molecule has 158 valence electrons. The second-order valence-corrected chi connectivity index (χ2v) is 8.48. The van der Waals surface area contributed by atoms with Gasteiger partial charge in [-0.2, -0.15) is 4.98 Å². The minimum Gasteiger partial charge on any atom is -0.321 e. The van der Waals surface area contributed by atoms with Crippen molar-refractivity contribution in [3.8, 4) is 11.5 Å². The van der Waals surface area contributed by atoms with Crippen LogP contribution in [0.5, 0.6) is 0 Å². The van der Waals surface area contributed by atoms with Gasteiger partial charge in [0.15, 0.2) is 11.5 Å². The lowest BCUT2D eigenvalue weighted by molar-refractivity contribution is 0.485. The Morgan fingerprint density at radius 1 is 1.06 bits per heavy atom. The maximum Gasteiger partial charge on any atom is 0.349 e. The molecule has 7 heteroatoms. The lowest BCUT2D eigenvalue weighted by atomic mass is 10.1. The van der Waals surface area contributed by atoms with E-state index in [2.05, 4.69) is 50.6 Å². The maximum absolute atomic E-state index is 12.4. The molecular weight excluding hydrogens is 390 g/mol. The fraction of sp³-hybridized carbons (Fsp3) is 0.333. The fourth-order valence-corrected chi connectivity index (χ4v) is 4.57. The summed E-state index contributed by atoms with van der Waals surface area (Å²) in [6.07, 6.45) is 2.21. The lowest BCUT2D eigenvalue weighted by Crippen LogP contribution is -2.31. The fourth-order valence-electron chi connectivity index (χ4n) is 4.57. The summed E-state index contributed by atoms with van der Waals surface area (Å²) in [6.45, 7) is 6.29. The number of nitrogens with zero attached hydrogens (tertiary/aromatic N) is 3. The number of aromatic nitrogens is 4. The zero-order valence-electron chi connectivity index (χ0n) is 17.7. The van der Waals surface area contributed by atoms with Crippen molar-refractivity contribution in [2.45, 2.75) is 33.2 Å². The minimum atomic E-state index is -0.645. The standard InChI is InChI=1S/C24H25N5O2/c1-14-9-19-20(10-15(14)2)29(22-21(26-19)23(30)28-24(31)27-22)8-7-25-13-16-11-17-5-3-4-6-18(17)12-16/h3-6,9-10,16,25H,7-8,11-13H2,1-2H3,(H,28,30,31). The van der Waals surface area contributed by atoms with E-state index >= 15 is 0 Å². The predicted octanol–water partition coefficient (Wildman–Crippen LogP) is 2.21. The van der Waals surface area contributed by atoms with Gasteiger partial charge in [-0.05, 0) is 73.5 Å². The van der Waals surface area contributed by atoms with Crippen LogP contribution in [-0.2, 0) is 19.4 Å². The minimum absolute atomic E-state index is 0.196. The summed E-state index contributed by atoms with van der Waals surface area (Å²) in [5.74, 6) is 0.923. The molecule has 0 saturated carbocycles. The Morgan fingerprint density at radius 2 is 1.77 bits per heavy atom. The summed E-state index contributed by atoms with van der Waals surface area (Å²) in [4.78, 5) is 35.1. The van der Waals surface area contributed by atoms with Gasteiger partial charge in [-0.3, -0.25) is 9.78 Å². The van der Waals surface area contributed by atoms with Crippen molar-refractivity contribution < 1.29 is 0 Å². The van der Waals surface area contributed by atoms with Crippen LogP contribution in [0.3, 0.4) is 0 Å². The molecule has 7 nitrogen and oxygen atoms in total. The molecule has 0 atom stereocenters. The number of rotatable bonds is 5. The van der Waals surface area contributed by atoms with E-state index in [4.69, 9.17) is 0 Å². The summed E-state index contributed by atoms with van der Waals surface area (Å²) < 4.78 is 1.94. The Hall–Kier alpha value is -3.32. The number of aryl methyl sites for hydroxylation is 2. The van der Waals surface area contributed by atoms with Gasteiger partial charge in [0.2, 0.25) is 0 Å². The van der Waals surface area contributed by atoms with Crippen LogP contribution in [0.2, 0.25) is 0 Å². The SMILES string of the molecule is Cc1cc2nc3c(=O)[nH]c(=O)nc-3n(CCNCC3Cc4ccccc4C3)c2cc1C. The molecule has 2 aliphatic heterocycles. The number of hydrogen-bond donors (Lipinski definition) is 2. The molecule has 0 saturated heterocycles. The van der Waals surface area contributed by atoms with Crippen LogP contribution in [-0.4, -0.2) is 32.6 Å². The molecule has 3 aliphatic rings. The Morgan fingerprint density at radius 3 is 2.52 bits per heavy atom. The first-order valence-corrected chi connectivity index (χ1v) is 10.7. The van der Waals surface area contributed by atoms with Crippen molar-refractivity contribution >= 4 is 11.0 Å². The third kappa shape index (κ3) is 3.65. The Kier molecular flexibility index (Phi) is 4.90. The summed E-state index contributed by atoms with van der Waals surface area (Å²) in [6, 6.07) is 12.7. The van der Waals surface area contributed by atoms with E-state index in [9.17, 15) is 9.59 Å². The number of benzene rings is 2. The zero-order valence-corrected chi connectivity index (χ0v) is 17.7. The van der Waals surface area contributed by atoms with Crippen molar-refractivity contribution in [2.24, 2.45) is 5.92 Å². The van der Waals surface area contributed by atoms with E-state index in [-0.39, 0.29) is 5.69 Å². The average Bonchev–Trinajstić information content (AvgIpc) is 3.15. The van der Waals surface area contributed by atoms with Crippen LogP contribution in [0.4, 0.5) is 0 Å². The van der Waals surface area contributed by atoms with E-state index < -0.39 is 11.2 Å². The Bertz CT molecular complexity index is 1350. The van der Waals surface area contributed by atoms with Gasteiger partial charge in [0, 0.05) is 13.1 Å². The summed E-state index contributed by atoms with van der Waals surface area (Å²) >= 11 is 0. The molecule has 0 spiro atoms. The van der Waals surface area contributed by atoms with E-state index in [0.29, 0.717) is 24.8 Å². The van der Waals surface area contributed by atoms with Crippen LogP contribution in [0.25, 0.3) is 22.6 Å². The highest BCUT2D eigenvalue weighted by Gasteiger charge is 2.21. The van der Waals surface area contributed by atoms with Gasteiger partial charge in [0.25, 0.3) is 5.56 Å². The van der Waals surface area contributed by atoms with Crippen molar-refractivity contribution in [3.63, 3.8) is 0 Å². The molecule has 2 N–H and O–H groups in total. The molecule has 5 rings (SSSR count). The van der Waals surface area contributed by atoms with Crippen LogP contribution >= 0.6 is 0 Å². The molecular formula is C24H25N5O2. The summed E-state index contributed by atoms with van der Waals surface area (Å²) in [7, 11) is 0. The molecule has 0 amide bonds. The van der Waals surface area contributed by atoms with Crippen LogP contribution in [0.1, 0.15) is 22.3 Å². The maximum atomic E-state index is 12.4. The molecule has 0 unspecified atom stereocenters. The van der Waals surface area contributed by atoms with Gasteiger partial charge in [-0.1, -0.05) is 24.3 Å². The molecule has 1 aliphatic carbocycles. The van der Waals surface area contributed by atoms with E-state index in [1.807, 2.05) is 24.5 Å². The van der Waals surface area contributed by atoms with Gasteiger partial charge >= 0.3 is 5.69 Å². The van der Waals surface area contributed by atoms with Crippen LogP contribution in [0.15, 0.2) is 46.0 Å². The topological polar surface area (TPSA) is 92.7 Å². The van der Waals surface area contributed by atoms with Crippen LogP contribution < -0.4 is 16.6 Å². The van der Waals surface area contributed by atoms with Gasteiger partial charge < -0.3 is 9.88 Å². The highest BCUT2D eigenvalue weighted by Crippen LogP contribution is 2.26. The molecule has 0 radical (unpaired) electrons. The summed E-state index contributed by atoms with van der Waals surface area (Å²) in [5.41, 5.74) is 5.80. The van der Waals surface area contributed by atoms with E-state index in [0.717, 1.165) is 41.5 Å². The van der Waals surface area contributed by atoms with Crippen molar-refractivity contribution in [2.75, 3.05) is 13.1 Å². The van der Waals surface area contributed by atoms with Crippen molar-refractivity contribution in [3.05, 3.63) is 79.5 Å². The van der Waals surface area contributed by atoms with Crippen LogP contribution in [0, 0.1) is 19.8 Å². The van der Waals surface area contributed by atoms with E-state index in [1.54, 1.807) is 0 Å². The summed E-state index contributed by atoms with van der Waals surface area (Å²) in [5, 5.41) is 3.56. The molecule has 0 fully saturated rings. The zero-order chi connectivity index (χ0) is 21.5. The lowest BCUT2D eigenvalue weighted by Gasteiger charge is -2.18. The van der Waals surface area contributed by atoms with Gasteiger partial charge in [0.05, 0.1) is 11.0 Å². The van der Waals surface area contributed by atoms with Gasteiger partial charge in [-0.25, -0.2) is 9.78 Å². The second-order valence-electron chi connectivity index (χ2n) is 8.48. The third-order valence-corrected chi connectivity index (χ3v) is 6.31. The van der Waals surface area contributed by atoms with Gasteiger partial charge in [-0.15, -0.1) is 0 Å². The highest BCUT2D eigenvalue weighted by atomic mass is 16.2. The monoisotopic (exact) mass is 415 g/mol. The first-order chi connectivity index (χ1) is 15.0. The smallest absolute Gasteiger partial charge is 0.321 e. The number of H-pyrrole nitrogens is 1. The first-order valence-electron chi connectivity index (χ1n) is 10.7. The predicted molar refractivity (Wildman–Crippen MR) is 121 cm³/mol. The normalized spacial score (nSPS) is 13.9. The number of fused-ring (bicyclic) bond motifs is 3. The molecule has 0 aromatic heterocycles. The Labute approximate surface area is 179 Å².